The zero-order valence-electron chi connectivity index (χ0n) is 9.75. The van der Waals surface area contributed by atoms with Crippen LogP contribution in [0.4, 0.5) is 10.1 Å². The lowest BCUT2D eigenvalue weighted by atomic mass is 10.1. The van der Waals surface area contributed by atoms with Crippen molar-refractivity contribution in [1.82, 2.24) is 0 Å². The van der Waals surface area contributed by atoms with Gasteiger partial charge in [0.2, 0.25) is 0 Å². The molecule has 0 aliphatic carbocycles. The predicted molar refractivity (Wildman–Crippen MR) is 85.3 cm³/mol. The molecule has 0 fully saturated rings. The number of hydrogen-bond donors (Lipinski definition) is 1. The Morgan fingerprint density at radius 2 is 1.83 bits per heavy atom. The number of hydrogen-bond acceptors (Lipinski definition) is 1. The zero-order valence-corrected chi connectivity index (χ0v) is 13.5. The fourth-order valence-corrected chi connectivity index (χ4v) is 2.40. The van der Waals surface area contributed by atoms with E-state index >= 15 is 0 Å². The van der Waals surface area contributed by atoms with Crippen LogP contribution in [0.25, 0.3) is 0 Å². The molecule has 1 atom stereocenters. The van der Waals surface area contributed by atoms with Gasteiger partial charge in [0.1, 0.15) is 5.82 Å². The van der Waals surface area contributed by atoms with Gasteiger partial charge < -0.3 is 5.32 Å². The molecule has 0 aliphatic heterocycles. The van der Waals surface area contributed by atoms with E-state index in [9.17, 15) is 4.39 Å². The first-order chi connectivity index (χ1) is 8.56. The average molecular weight is 420 g/mol. The summed E-state index contributed by atoms with van der Waals surface area (Å²) in [6.07, 6.45) is 0. The molecule has 2 aromatic carbocycles. The van der Waals surface area contributed by atoms with Crippen molar-refractivity contribution in [2.24, 2.45) is 0 Å². The van der Waals surface area contributed by atoms with E-state index in [1.54, 1.807) is 12.1 Å². The molecule has 1 unspecified atom stereocenters. The molecular weight excluding hydrogens is 408 g/mol. The van der Waals surface area contributed by atoms with Gasteiger partial charge in [0.25, 0.3) is 0 Å². The largest absolute Gasteiger partial charge is 0.376 e. The maximum atomic E-state index is 13.6. The van der Waals surface area contributed by atoms with Crippen molar-refractivity contribution in [2.45, 2.75) is 13.0 Å². The molecule has 1 N–H and O–H groups in total. The summed E-state index contributed by atoms with van der Waals surface area (Å²) >= 11 is 5.61. The van der Waals surface area contributed by atoms with Crippen molar-refractivity contribution in [3.05, 3.63) is 61.9 Å². The second-order valence-electron chi connectivity index (χ2n) is 4.04. The normalized spacial score (nSPS) is 12.2. The minimum Gasteiger partial charge on any atom is -0.376 e. The van der Waals surface area contributed by atoms with Crippen LogP contribution in [-0.4, -0.2) is 0 Å². The summed E-state index contributed by atoms with van der Waals surface area (Å²) in [7, 11) is 0. The summed E-state index contributed by atoms with van der Waals surface area (Å²) in [6.45, 7) is 2.02. The number of nitrogens with one attached hydrogen (secondary N) is 1. The molecular formula is C14H12BrFIN. The minimum absolute atomic E-state index is 0.0609. The molecule has 1 nitrogen and oxygen atoms in total. The Morgan fingerprint density at radius 1 is 1.17 bits per heavy atom. The Labute approximate surface area is 128 Å². The van der Waals surface area contributed by atoms with Crippen molar-refractivity contribution < 1.29 is 4.39 Å². The summed E-state index contributed by atoms with van der Waals surface area (Å²) in [6, 6.07) is 13.1. The Bertz CT molecular complexity index is 542. The number of anilines is 1. The highest BCUT2D eigenvalue weighted by atomic mass is 127. The van der Waals surface area contributed by atoms with Crippen molar-refractivity contribution in [2.75, 3.05) is 5.32 Å². The molecule has 2 aromatic rings. The van der Waals surface area contributed by atoms with Crippen LogP contribution in [0.3, 0.4) is 0 Å². The van der Waals surface area contributed by atoms with E-state index in [-0.39, 0.29) is 11.9 Å². The molecule has 94 valence electrons. The van der Waals surface area contributed by atoms with E-state index in [0.717, 1.165) is 10.0 Å². The van der Waals surface area contributed by atoms with Crippen molar-refractivity contribution in [1.29, 1.82) is 0 Å². The quantitative estimate of drug-likeness (QED) is 0.660. The van der Waals surface area contributed by atoms with E-state index in [1.807, 2.05) is 19.1 Å². The van der Waals surface area contributed by atoms with E-state index < -0.39 is 0 Å². The Kier molecular flexibility index (Phi) is 4.61. The molecule has 0 aliphatic rings. The van der Waals surface area contributed by atoms with E-state index in [1.165, 1.54) is 9.64 Å². The van der Waals surface area contributed by atoms with Gasteiger partial charge in [-0.05, 0) is 65.4 Å². The summed E-state index contributed by atoms with van der Waals surface area (Å²) in [5.74, 6) is -0.240. The topological polar surface area (TPSA) is 12.0 Å². The molecule has 0 spiro atoms. The fourth-order valence-electron chi connectivity index (χ4n) is 1.68. The van der Waals surface area contributed by atoms with Gasteiger partial charge in [-0.2, -0.15) is 0 Å². The Balaban J connectivity index is 2.18. The fraction of sp³-hybridized carbons (Fsp3) is 0.143. The predicted octanol–water partition coefficient (Wildman–Crippen LogP) is 5.37. The third-order valence-electron chi connectivity index (χ3n) is 2.67. The molecule has 4 heteroatoms. The molecule has 0 heterocycles. The van der Waals surface area contributed by atoms with E-state index in [2.05, 4.69) is 56.0 Å². The summed E-state index contributed by atoms with van der Waals surface area (Å²) in [5, 5.41) is 3.18. The molecule has 0 amide bonds. The summed E-state index contributed by atoms with van der Waals surface area (Å²) < 4.78 is 15.7. The first-order valence-electron chi connectivity index (χ1n) is 5.53. The van der Waals surface area contributed by atoms with Gasteiger partial charge in [0.15, 0.2) is 0 Å². The highest BCUT2D eigenvalue weighted by Crippen LogP contribution is 2.25. The first kappa shape index (κ1) is 13.8. The standard InChI is InChI=1S/C14H12BrFIN/c1-9(10-2-5-12(17)6-3-10)18-14-8-11(15)4-7-13(14)16/h2-9,18H,1H3. The number of benzene rings is 2. The lowest BCUT2D eigenvalue weighted by molar-refractivity contribution is 0.627. The van der Waals surface area contributed by atoms with Crippen molar-refractivity contribution >= 4 is 44.2 Å². The lowest BCUT2D eigenvalue weighted by Gasteiger charge is -2.16. The van der Waals surface area contributed by atoms with Crippen LogP contribution < -0.4 is 5.32 Å². The smallest absolute Gasteiger partial charge is 0.146 e. The molecule has 0 saturated carbocycles. The van der Waals surface area contributed by atoms with Crippen molar-refractivity contribution in [3.63, 3.8) is 0 Å². The van der Waals surface area contributed by atoms with E-state index in [4.69, 9.17) is 0 Å². The average Bonchev–Trinajstić information content (AvgIpc) is 2.34. The van der Waals surface area contributed by atoms with Crippen LogP contribution in [0.15, 0.2) is 46.9 Å². The lowest BCUT2D eigenvalue weighted by Crippen LogP contribution is -2.07. The third-order valence-corrected chi connectivity index (χ3v) is 3.88. The van der Waals surface area contributed by atoms with E-state index in [0.29, 0.717) is 5.69 Å². The maximum absolute atomic E-state index is 13.6. The molecule has 0 aromatic heterocycles. The van der Waals surface area contributed by atoms with Crippen LogP contribution in [0, 0.1) is 9.39 Å². The summed E-state index contributed by atoms with van der Waals surface area (Å²) in [4.78, 5) is 0. The van der Waals surface area contributed by atoms with Crippen molar-refractivity contribution in [3.8, 4) is 0 Å². The minimum atomic E-state index is -0.240. The van der Waals surface area contributed by atoms with Gasteiger partial charge in [0.05, 0.1) is 5.69 Å². The molecule has 2 rings (SSSR count). The van der Waals surface area contributed by atoms with Gasteiger partial charge in [-0.25, -0.2) is 4.39 Å². The highest BCUT2D eigenvalue weighted by molar-refractivity contribution is 14.1. The maximum Gasteiger partial charge on any atom is 0.146 e. The SMILES string of the molecule is CC(Nc1cc(Br)ccc1F)c1ccc(I)cc1. The van der Waals surface area contributed by atoms with Crippen LogP contribution in [-0.2, 0) is 0 Å². The highest BCUT2D eigenvalue weighted by Gasteiger charge is 2.08. The second-order valence-corrected chi connectivity index (χ2v) is 6.20. The zero-order chi connectivity index (χ0) is 13.1. The monoisotopic (exact) mass is 419 g/mol. The van der Waals surface area contributed by atoms with Crippen LogP contribution in [0.2, 0.25) is 0 Å². The van der Waals surface area contributed by atoms with Crippen LogP contribution >= 0.6 is 38.5 Å². The first-order valence-corrected chi connectivity index (χ1v) is 7.40. The van der Waals surface area contributed by atoms with Gasteiger partial charge in [-0.1, -0.05) is 28.1 Å². The van der Waals surface area contributed by atoms with Gasteiger partial charge in [-0.15, -0.1) is 0 Å². The van der Waals surface area contributed by atoms with Gasteiger partial charge in [-0.3, -0.25) is 0 Å². The Hall–Kier alpha value is -0.620. The van der Waals surface area contributed by atoms with Crippen LogP contribution in [0.1, 0.15) is 18.5 Å². The molecule has 0 saturated heterocycles. The molecule has 18 heavy (non-hydrogen) atoms. The summed E-state index contributed by atoms with van der Waals surface area (Å²) in [5.41, 5.74) is 1.64. The number of halogens is 3. The molecule has 0 radical (unpaired) electrons. The third kappa shape index (κ3) is 3.45. The Morgan fingerprint density at radius 3 is 2.50 bits per heavy atom. The second kappa shape index (κ2) is 6.02. The number of rotatable bonds is 3. The van der Waals surface area contributed by atoms with Gasteiger partial charge in [0, 0.05) is 14.1 Å². The van der Waals surface area contributed by atoms with Crippen LogP contribution in [0.5, 0.6) is 0 Å². The molecule has 0 bridgehead atoms. The van der Waals surface area contributed by atoms with Gasteiger partial charge >= 0.3 is 0 Å².